The fourth-order valence-corrected chi connectivity index (χ4v) is 1.89. The Morgan fingerprint density at radius 1 is 1.53 bits per heavy atom. The number of ether oxygens (including phenoxy) is 1. The van der Waals surface area contributed by atoms with Crippen LogP contribution in [0.1, 0.15) is 39.5 Å². The monoisotopic (exact) mass is 214 g/mol. The Balaban J connectivity index is 2.16. The summed E-state index contributed by atoms with van der Waals surface area (Å²) in [5.74, 6) is -0.0378. The first-order chi connectivity index (χ1) is 7.08. The molecule has 0 radical (unpaired) electrons. The lowest BCUT2D eigenvalue weighted by atomic mass is 9.94. The molecule has 1 aliphatic rings. The maximum absolute atomic E-state index is 11.3. The Morgan fingerprint density at radius 3 is 2.87 bits per heavy atom. The molecule has 2 unspecified atom stereocenters. The number of amides is 1. The minimum Gasteiger partial charge on any atom is -0.368 e. The Hall–Kier alpha value is -0.610. The molecule has 4 heteroatoms. The normalized spacial score (nSPS) is 26.7. The van der Waals surface area contributed by atoms with Crippen LogP contribution in [0.5, 0.6) is 0 Å². The van der Waals surface area contributed by atoms with Crippen molar-refractivity contribution in [1.29, 1.82) is 0 Å². The molecule has 0 spiro atoms. The van der Waals surface area contributed by atoms with Gasteiger partial charge in [0, 0.05) is 12.1 Å². The Bertz CT molecular complexity index is 207. The van der Waals surface area contributed by atoms with Gasteiger partial charge in [-0.2, -0.15) is 0 Å². The van der Waals surface area contributed by atoms with Crippen LogP contribution in [0.3, 0.4) is 0 Å². The Labute approximate surface area is 91.5 Å². The van der Waals surface area contributed by atoms with Gasteiger partial charge < -0.3 is 15.8 Å². The summed E-state index contributed by atoms with van der Waals surface area (Å²) in [4.78, 5) is 11.3. The highest BCUT2D eigenvalue weighted by Crippen LogP contribution is 2.19. The van der Waals surface area contributed by atoms with Gasteiger partial charge in [-0.15, -0.1) is 0 Å². The van der Waals surface area contributed by atoms with Gasteiger partial charge in [0.25, 0.3) is 0 Å². The molecule has 3 N–H and O–H groups in total. The van der Waals surface area contributed by atoms with Gasteiger partial charge in [-0.05, 0) is 39.5 Å². The molecule has 0 aromatic heterocycles. The van der Waals surface area contributed by atoms with Gasteiger partial charge >= 0.3 is 0 Å². The largest absolute Gasteiger partial charge is 0.368 e. The van der Waals surface area contributed by atoms with E-state index in [9.17, 15) is 4.79 Å². The first-order valence-electron chi connectivity index (χ1n) is 5.74. The highest BCUT2D eigenvalue weighted by Gasteiger charge is 2.20. The summed E-state index contributed by atoms with van der Waals surface area (Å²) in [7, 11) is 0. The van der Waals surface area contributed by atoms with Crippen molar-refractivity contribution < 1.29 is 9.53 Å². The van der Waals surface area contributed by atoms with Gasteiger partial charge in [-0.1, -0.05) is 0 Å². The zero-order valence-electron chi connectivity index (χ0n) is 9.66. The molecule has 4 nitrogen and oxygen atoms in total. The average Bonchev–Trinajstić information content (AvgIpc) is 2.14. The first-order valence-corrected chi connectivity index (χ1v) is 5.74. The molecule has 1 saturated carbocycles. The van der Waals surface area contributed by atoms with E-state index in [4.69, 9.17) is 10.5 Å². The molecule has 0 aromatic rings. The average molecular weight is 214 g/mol. The lowest BCUT2D eigenvalue weighted by Crippen LogP contribution is -2.37. The van der Waals surface area contributed by atoms with Crippen LogP contribution in [0.2, 0.25) is 0 Å². The van der Waals surface area contributed by atoms with Crippen molar-refractivity contribution in [2.75, 3.05) is 6.61 Å². The summed E-state index contributed by atoms with van der Waals surface area (Å²) in [5.41, 5.74) is 5.83. The van der Waals surface area contributed by atoms with Crippen molar-refractivity contribution in [3.63, 3.8) is 0 Å². The predicted molar refractivity (Wildman–Crippen MR) is 59.5 cm³/mol. The van der Waals surface area contributed by atoms with E-state index in [1.54, 1.807) is 0 Å². The van der Waals surface area contributed by atoms with Crippen LogP contribution in [-0.4, -0.2) is 30.7 Å². The predicted octanol–water partition coefficient (Wildman–Crippen LogP) is 0.797. The molecule has 15 heavy (non-hydrogen) atoms. The number of hydrogen-bond donors (Lipinski definition) is 2. The van der Waals surface area contributed by atoms with Gasteiger partial charge in [0.1, 0.15) is 6.61 Å². The topological polar surface area (TPSA) is 64.3 Å². The van der Waals surface area contributed by atoms with Crippen LogP contribution in [0.25, 0.3) is 0 Å². The lowest BCUT2D eigenvalue weighted by Gasteiger charge is -2.26. The van der Waals surface area contributed by atoms with E-state index in [-0.39, 0.29) is 30.7 Å². The maximum Gasteiger partial charge on any atom is 0.246 e. The third kappa shape index (κ3) is 5.14. The summed E-state index contributed by atoms with van der Waals surface area (Å²) >= 11 is 0. The van der Waals surface area contributed by atoms with E-state index >= 15 is 0 Å². The second-order valence-corrected chi connectivity index (χ2v) is 4.58. The lowest BCUT2D eigenvalue weighted by molar-refractivity contribution is -0.129. The van der Waals surface area contributed by atoms with Crippen molar-refractivity contribution in [3.05, 3.63) is 0 Å². The van der Waals surface area contributed by atoms with Crippen LogP contribution in [0, 0.1) is 0 Å². The molecule has 0 aliphatic heterocycles. The molecule has 1 fully saturated rings. The summed E-state index contributed by atoms with van der Waals surface area (Å²) in [6.07, 6.45) is 4.28. The van der Waals surface area contributed by atoms with E-state index in [0.717, 1.165) is 25.7 Å². The Kier molecular flexibility index (Phi) is 5.05. The summed E-state index contributed by atoms with van der Waals surface area (Å²) in [6.45, 7) is 4.04. The number of hydrogen-bond acceptors (Lipinski definition) is 3. The van der Waals surface area contributed by atoms with Crippen LogP contribution >= 0.6 is 0 Å². The van der Waals surface area contributed by atoms with Gasteiger partial charge in [-0.3, -0.25) is 4.79 Å². The number of nitrogens with one attached hydrogen (secondary N) is 1. The molecule has 0 aromatic carbocycles. The molecule has 1 rings (SSSR count). The highest BCUT2D eigenvalue weighted by molar-refractivity contribution is 5.77. The quantitative estimate of drug-likeness (QED) is 0.727. The molecule has 1 aliphatic carbocycles. The molecular weight excluding hydrogens is 192 g/mol. The first kappa shape index (κ1) is 12.5. The van der Waals surface area contributed by atoms with Crippen LogP contribution < -0.4 is 11.1 Å². The molecule has 1 amide bonds. The fourth-order valence-electron chi connectivity index (χ4n) is 1.89. The number of carbonyl (C=O) groups is 1. The van der Waals surface area contributed by atoms with E-state index in [0.29, 0.717) is 0 Å². The van der Waals surface area contributed by atoms with Crippen LogP contribution in [-0.2, 0) is 9.53 Å². The molecule has 88 valence electrons. The van der Waals surface area contributed by atoms with Crippen LogP contribution in [0.15, 0.2) is 0 Å². The van der Waals surface area contributed by atoms with Crippen molar-refractivity contribution >= 4 is 5.91 Å². The van der Waals surface area contributed by atoms with E-state index in [2.05, 4.69) is 5.32 Å². The zero-order chi connectivity index (χ0) is 11.3. The van der Waals surface area contributed by atoms with Crippen molar-refractivity contribution in [1.82, 2.24) is 5.32 Å². The minimum absolute atomic E-state index is 0.0378. The van der Waals surface area contributed by atoms with E-state index < -0.39 is 0 Å². The highest BCUT2D eigenvalue weighted by atomic mass is 16.5. The maximum atomic E-state index is 11.3. The van der Waals surface area contributed by atoms with Gasteiger partial charge in [0.15, 0.2) is 0 Å². The number of nitrogens with two attached hydrogens (primary N) is 1. The van der Waals surface area contributed by atoms with Crippen LogP contribution in [0.4, 0.5) is 0 Å². The standard InChI is InChI=1S/C11H22N2O2/c1-8(2)13-11(14)7-15-10-5-3-4-9(12)6-10/h8-10H,3-7,12H2,1-2H3,(H,13,14). The molecule has 0 heterocycles. The third-order valence-electron chi connectivity index (χ3n) is 2.57. The van der Waals surface area contributed by atoms with Crippen molar-refractivity contribution in [3.8, 4) is 0 Å². The second kappa shape index (κ2) is 6.08. The molecule has 2 atom stereocenters. The molecule has 0 saturated heterocycles. The molecule has 0 bridgehead atoms. The smallest absolute Gasteiger partial charge is 0.246 e. The summed E-state index contributed by atoms with van der Waals surface area (Å²) < 4.78 is 5.52. The summed E-state index contributed by atoms with van der Waals surface area (Å²) in [5, 5.41) is 2.80. The SMILES string of the molecule is CC(C)NC(=O)COC1CCCC(N)C1. The third-order valence-corrected chi connectivity index (χ3v) is 2.57. The van der Waals surface area contributed by atoms with E-state index in [1.165, 1.54) is 0 Å². The van der Waals surface area contributed by atoms with Gasteiger partial charge in [0.2, 0.25) is 5.91 Å². The van der Waals surface area contributed by atoms with Gasteiger partial charge in [0.05, 0.1) is 6.10 Å². The molecular formula is C11H22N2O2. The number of rotatable bonds is 4. The van der Waals surface area contributed by atoms with Crippen molar-refractivity contribution in [2.45, 2.75) is 57.7 Å². The Morgan fingerprint density at radius 2 is 2.27 bits per heavy atom. The summed E-state index contributed by atoms with van der Waals surface area (Å²) in [6, 6.07) is 0.423. The van der Waals surface area contributed by atoms with Crippen molar-refractivity contribution in [2.24, 2.45) is 5.73 Å². The zero-order valence-corrected chi connectivity index (χ0v) is 9.66. The second-order valence-electron chi connectivity index (χ2n) is 4.58. The number of carbonyl (C=O) groups excluding carboxylic acids is 1. The van der Waals surface area contributed by atoms with Gasteiger partial charge in [-0.25, -0.2) is 0 Å². The van der Waals surface area contributed by atoms with E-state index in [1.807, 2.05) is 13.8 Å². The minimum atomic E-state index is -0.0378. The fraction of sp³-hybridized carbons (Fsp3) is 0.909.